The molecule has 24 heavy (non-hydrogen) atoms. The first-order valence-electron chi connectivity index (χ1n) is 7.92. The molecule has 0 aromatic carbocycles. The number of rotatable bonds is 2. The molecule has 2 aliphatic rings. The summed E-state index contributed by atoms with van der Waals surface area (Å²) in [6.45, 7) is 1.90. The average Bonchev–Trinajstić information content (AvgIpc) is 3.17. The quantitative estimate of drug-likeness (QED) is 0.863. The van der Waals surface area contributed by atoms with Crippen LogP contribution in [-0.2, 0) is 21.7 Å². The highest BCUT2D eigenvalue weighted by Gasteiger charge is 2.37. The van der Waals surface area contributed by atoms with Crippen LogP contribution in [0.5, 0.6) is 0 Å². The van der Waals surface area contributed by atoms with Gasteiger partial charge in [0.25, 0.3) is 0 Å². The third-order valence-electron chi connectivity index (χ3n) is 4.81. The molecule has 0 radical (unpaired) electrons. The number of carbonyl (C=O) groups excluding carboxylic acids is 1. The Balaban J connectivity index is 1.80. The first-order valence-corrected chi connectivity index (χ1v) is 9.74. The number of carbonyl (C=O) groups is 1. The molecule has 2 atom stereocenters. The number of hydrogen-bond donors (Lipinski definition) is 1. The molecule has 4 rings (SSSR count). The minimum Gasteiger partial charge on any atom is -0.311 e. The fraction of sp³-hybridized carbons (Fsp3) is 0.533. The van der Waals surface area contributed by atoms with Crippen LogP contribution in [-0.4, -0.2) is 45.4 Å². The van der Waals surface area contributed by atoms with Crippen molar-refractivity contribution in [2.45, 2.75) is 31.7 Å². The van der Waals surface area contributed by atoms with Crippen molar-refractivity contribution in [1.29, 1.82) is 0 Å². The van der Waals surface area contributed by atoms with Crippen LogP contribution in [0, 0.1) is 6.92 Å². The lowest BCUT2D eigenvalue weighted by molar-refractivity contribution is -0.116. The summed E-state index contributed by atoms with van der Waals surface area (Å²) in [5, 5.41) is 11.7. The molecule has 1 amide bonds. The zero-order valence-electron chi connectivity index (χ0n) is 13.6. The highest BCUT2D eigenvalue weighted by atomic mass is 32.2. The van der Waals surface area contributed by atoms with Gasteiger partial charge in [0, 0.05) is 31.1 Å². The van der Waals surface area contributed by atoms with Crippen LogP contribution in [0.3, 0.4) is 0 Å². The number of nitrogens with zero attached hydrogens (tertiary/aromatic N) is 4. The van der Waals surface area contributed by atoms with Crippen LogP contribution < -0.4 is 5.32 Å². The van der Waals surface area contributed by atoms with Crippen molar-refractivity contribution >= 4 is 21.6 Å². The van der Waals surface area contributed by atoms with E-state index in [0.29, 0.717) is 18.7 Å². The number of hydrogen-bond acceptors (Lipinski definition) is 5. The van der Waals surface area contributed by atoms with Crippen molar-refractivity contribution in [3.05, 3.63) is 29.2 Å². The normalized spacial score (nSPS) is 25.5. The lowest BCUT2D eigenvalue weighted by Crippen LogP contribution is -2.26. The van der Waals surface area contributed by atoms with E-state index >= 15 is 0 Å². The predicted molar refractivity (Wildman–Crippen MR) is 87.6 cm³/mol. The molecule has 2 aliphatic heterocycles. The molecular formula is C15H19N5O3S. The second kappa shape index (κ2) is 5.17. The van der Waals surface area contributed by atoms with E-state index in [4.69, 9.17) is 0 Å². The SMILES string of the molecule is Cc1nn([C@H]2CCS(=O)(=O)C2)c2c1[C@@H](c1cnn(C)c1)CC(=O)N2. The molecule has 128 valence electrons. The van der Waals surface area contributed by atoms with Gasteiger partial charge in [-0.3, -0.25) is 9.48 Å². The van der Waals surface area contributed by atoms with Gasteiger partial charge in [-0.15, -0.1) is 0 Å². The molecule has 0 saturated carbocycles. The first kappa shape index (κ1) is 15.4. The van der Waals surface area contributed by atoms with E-state index in [2.05, 4.69) is 15.5 Å². The summed E-state index contributed by atoms with van der Waals surface area (Å²) in [6.07, 6.45) is 4.55. The summed E-state index contributed by atoms with van der Waals surface area (Å²) in [5.41, 5.74) is 2.75. The van der Waals surface area contributed by atoms with E-state index in [-0.39, 0.29) is 29.4 Å². The Morgan fingerprint density at radius 3 is 2.79 bits per heavy atom. The molecule has 1 fully saturated rings. The number of fused-ring (bicyclic) bond motifs is 1. The molecule has 2 aromatic heterocycles. The molecule has 1 saturated heterocycles. The van der Waals surface area contributed by atoms with Gasteiger partial charge in [-0.2, -0.15) is 10.2 Å². The van der Waals surface area contributed by atoms with Crippen molar-refractivity contribution in [3.63, 3.8) is 0 Å². The molecular weight excluding hydrogens is 330 g/mol. The summed E-state index contributed by atoms with van der Waals surface area (Å²) >= 11 is 0. The summed E-state index contributed by atoms with van der Waals surface area (Å²) in [4.78, 5) is 12.2. The Morgan fingerprint density at radius 2 is 2.17 bits per heavy atom. The minimum absolute atomic E-state index is 0.0774. The number of sulfone groups is 1. The smallest absolute Gasteiger partial charge is 0.226 e. The highest BCUT2D eigenvalue weighted by Crippen LogP contribution is 2.41. The molecule has 0 bridgehead atoms. The third-order valence-corrected chi connectivity index (χ3v) is 6.56. The number of nitrogens with one attached hydrogen (secondary N) is 1. The van der Waals surface area contributed by atoms with Crippen LogP contribution in [0.25, 0.3) is 0 Å². The zero-order chi connectivity index (χ0) is 17.1. The second-order valence-electron chi connectivity index (χ2n) is 6.60. The van der Waals surface area contributed by atoms with E-state index in [9.17, 15) is 13.2 Å². The summed E-state index contributed by atoms with van der Waals surface area (Å²) in [7, 11) is -1.18. The Hall–Kier alpha value is -2.16. The lowest BCUT2D eigenvalue weighted by atomic mass is 9.87. The van der Waals surface area contributed by atoms with Crippen LogP contribution in [0.4, 0.5) is 5.82 Å². The first-order chi connectivity index (χ1) is 11.3. The van der Waals surface area contributed by atoms with Crippen LogP contribution in [0.15, 0.2) is 12.4 Å². The fourth-order valence-electron chi connectivity index (χ4n) is 3.71. The Bertz CT molecular complexity index is 927. The molecule has 9 heteroatoms. The van der Waals surface area contributed by atoms with Crippen molar-refractivity contribution in [3.8, 4) is 0 Å². The van der Waals surface area contributed by atoms with Gasteiger partial charge in [0.15, 0.2) is 9.84 Å². The number of amides is 1. The van der Waals surface area contributed by atoms with E-state index in [1.54, 1.807) is 15.6 Å². The summed E-state index contributed by atoms with van der Waals surface area (Å²) in [6, 6.07) is -0.217. The van der Waals surface area contributed by atoms with Crippen molar-refractivity contribution in [2.24, 2.45) is 7.05 Å². The number of anilines is 1. The van der Waals surface area contributed by atoms with Crippen LogP contribution >= 0.6 is 0 Å². The molecule has 0 unspecified atom stereocenters. The van der Waals surface area contributed by atoms with E-state index in [0.717, 1.165) is 16.8 Å². The lowest BCUT2D eigenvalue weighted by Gasteiger charge is -2.24. The van der Waals surface area contributed by atoms with Gasteiger partial charge in [-0.1, -0.05) is 0 Å². The largest absolute Gasteiger partial charge is 0.311 e. The predicted octanol–water partition coefficient (Wildman–Crippen LogP) is 0.759. The van der Waals surface area contributed by atoms with E-state index < -0.39 is 9.84 Å². The maximum Gasteiger partial charge on any atom is 0.226 e. The monoisotopic (exact) mass is 349 g/mol. The van der Waals surface area contributed by atoms with Gasteiger partial charge in [0.2, 0.25) is 5.91 Å². The molecule has 4 heterocycles. The van der Waals surface area contributed by atoms with Crippen molar-refractivity contribution in [2.75, 3.05) is 16.8 Å². The van der Waals surface area contributed by atoms with Crippen LogP contribution in [0.2, 0.25) is 0 Å². The van der Waals surface area contributed by atoms with Gasteiger partial charge in [0.1, 0.15) is 5.82 Å². The fourth-order valence-corrected chi connectivity index (χ4v) is 5.40. The third kappa shape index (κ3) is 2.43. The maximum atomic E-state index is 12.2. The molecule has 8 nitrogen and oxygen atoms in total. The summed E-state index contributed by atoms with van der Waals surface area (Å²) in [5.74, 6) is 0.700. The zero-order valence-corrected chi connectivity index (χ0v) is 14.4. The number of aryl methyl sites for hydroxylation is 2. The minimum atomic E-state index is -3.02. The van der Waals surface area contributed by atoms with Gasteiger partial charge in [-0.05, 0) is 18.9 Å². The van der Waals surface area contributed by atoms with Crippen molar-refractivity contribution < 1.29 is 13.2 Å². The van der Waals surface area contributed by atoms with Gasteiger partial charge >= 0.3 is 0 Å². The van der Waals surface area contributed by atoms with E-state index in [1.807, 2.05) is 20.2 Å². The molecule has 0 aliphatic carbocycles. The molecule has 0 spiro atoms. The molecule has 2 aromatic rings. The van der Waals surface area contributed by atoms with Gasteiger partial charge in [-0.25, -0.2) is 13.1 Å². The molecule has 1 N–H and O–H groups in total. The van der Waals surface area contributed by atoms with Crippen LogP contribution in [0.1, 0.15) is 41.6 Å². The van der Waals surface area contributed by atoms with Gasteiger partial charge in [0.05, 0.1) is 29.4 Å². The maximum absolute atomic E-state index is 12.2. The average molecular weight is 349 g/mol. The number of aromatic nitrogens is 4. The Labute approximate surface area is 139 Å². The Kier molecular flexibility index (Phi) is 3.31. The highest BCUT2D eigenvalue weighted by molar-refractivity contribution is 7.91. The van der Waals surface area contributed by atoms with Gasteiger partial charge < -0.3 is 5.32 Å². The topological polar surface area (TPSA) is 98.9 Å². The second-order valence-corrected chi connectivity index (χ2v) is 8.83. The standard InChI is InChI=1S/C15H19N5O3S/c1-9-14-12(10-6-16-19(2)7-10)5-13(21)17-15(14)20(18-9)11-3-4-24(22,23)8-11/h6-7,11-12H,3-5,8H2,1-2H3,(H,17,21)/t11-,12+/m0/s1. The Morgan fingerprint density at radius 1 is 1.38 bits per heavy atom. The van der Waals surface area contributed by atoms with E-state index in [1.165, 1.54) is 0 Å². The van der Waals surface area contributed by atoms with Crippen molar-refractivity contribution in [1.82, 2.24) is 19.6 Å². The summed E-state index contributed by atoms with van der Waals surface area (Å²) < 4.78 is 27.0.